The van der Waals surface area contributed by atoms with Crippen LogP contribution in [-0.4, -0.2) is 125 Å². The first-order chi connectivity index (χ1) is 13.0. The van der Waals surface area contributed by atoms with E-state index in [2.05, 4.69) is 47.5 Å². The van der Waals surface area contributed by atoms with Gasteiger partial charge in [0.05, 0.1) is 6.10 Å². The Hall–Kier alpha value is -0.240. The van der Waals surface area contributed by atoms with Crippen molar-refractivity contribution in [2.24, 2.45) is 0 Å². The first-order valence-electron chi connectivity index (χ1n) is 11.0. The predicted molar refractivity (Wildman–Crippen MR) is 113 cm³/mol. The molecule has 0 N–H and O–H groups in total. The first kappa shape index (κ1) is 23.0. The van der Waals surface area contributed by atoms with Crippen LogP contribution in [-0.2, 0) is 9.47 Å². The van der Waals surface area contributed by atoms with E-state index in [1.165, 1.54) is 58.7 Å². The molecule has 0 saturated carbocycles. The van der Waals surface area contributed by atoms with Gasteiger partial charge in [0.1, 0.15) is 0 Å². The summed E-state index contributed by atoms with van der Waals surface area (Å²) in [7, 11) is 6.43. The van der Waals surface area contributed by atoms with E-state index in [0.717, 1.165) is 26.2 Å². The van der Waals surface area contributed by atoms with E-state index in [0.29, 0.717) is 18.2 Å². The fourth-order valence-electron chi connectivity index (χ4n) is 4.35. The number of likely N-dealkylation sites (N-methyl/N-ethyl adjacent to an activating group) is 2. The van der Waals surface area contributed by atoms with Gasteiger partial charge in [0.15, 0.2) is 0 Å². The third kappa shape index (κ3) is 7.95. The van der Waals surface area contributed by atoms with Crippen molar-refractivity contribution in [1.29, 1.82) is 0 Å². The molecular weight excluding hydrogens is 340 g/mol. The molecule has 0 amide bonds. The highest BCUT2D eigenvalue weighted by molar-refractivity contribution is 4.94. The van der Waals surface area contributed by atoms with Crippen molar-refractivity contribution >= 4 is 0 Å². The summed E-state index contributed by atoms with van der Waals surface area (Å²) in [6.45, 7) is 15.5. The van der Waals surface area contributed by atoms with Crippen LogP contribution in [0.4, 0.5) is 0 Å². The zero-order valence-electron chi connectivity index (χ0n) is 18.5. The Labute approximate surface area is 167 Å². The van der Waals surface area contributed by atoms with Gasteiger partial charge in [-0.1, -0.05) is 0 Å². The van der Waals surface area contributed by atoms with Gasteiger partial charge in [0.2, 0.25) is 0 Å². The summed E-state index contributed by atoms with van der Waals surface area (Å²) in [6, 6.07) is 1.25. The summed E-state index contributed by atoms with van der Waals surface area (Å²) in [6.07, 6.45) is 3.91. The van der Waals surface area contributed by atoms with Crippen LogP contribution in [0.1, 0.15) is 33.1 Å². The lowest BCUT2D eigenvalue weighted by molar-refractivity contribution is -0.00339. The largest absolute Gasteiger partial charge is 0.385 e. The molecular formula is C21H44N4O2. The Morgan fingerprint density at radius 1 is 0.778 bits per heavy atom. The average molecular weight is 385 g/mol. The van der Waals surface area contributed by atoms with Crippen molar-refractivity contribution in [3.63, 3.8) is 0 Å². The van der Waals surface area contributed by atoms with Crippen LogP contribution in [0.5, 0.6) is 0 Å². The van der Waals surface area contributed by atoms with Crippen molar-refractivity contribution in [2.75, 3.05) is 86.8 Å². The predicted octanol–water partition coefficient (Wildman–Crippen LogP) is 1.46. The van der Waals surface area contributed by atoms with Crippen LogP contribution >= 0.6 is 0 Å². The molecule has 2 heterocycles. The van der Waals surface area contributed by atoms with Gasteiger partial charge in [-0.05, 0) is 53.8 Å². The van der Waals surface area contributed by atoms with Crippen LogP contribution in [0.3, 0.4) is 0 Å². The molecule has 2 aliphatic rings. The number of hydrogen-bond acceptors (Lipinski definition) is 6. The van der Waals surface area contributed by atoms with Crippen LogP contribution < -0.4 is 0 Å². The lowest BCUT2D eigenvalue weighted by atomic mass is 9.99. The number of methoxy groups -OCH3 is 1. The number of nitrogens with zero attached hydrogens (tertiary/aromatic N) is 4. The highest BCUT2D eigenvalue weighted by Crippen LogP contribution is 2.19. The molecule has 2 unspecified atom stereocenters. The second-order valence-corrected chi connectivity index (χ2v) is 8.67. The molecule has 2 saturated heterocycles. The maximum Gasteiger partial charge on any atom is 0.0518 e. The van der Waals surface area contributed by atoms with E-state index in [4.69, 9.17) is 9.47 Å². The number of hydrogen-bond donors (Lipinski definition) is 0. The summed E-state index contributed by atoms with van der Waals surface area (Å²) >= 11 is 0. The maximum atomic E-state index is 5.68. The first-order valence-corrected chi connectivity index (χ1v) is 11.0. The second-order valence-electron chi connectivity index (χ2n) is 8.67. The topological polar surface area (TPSA) is 31.4 Å². The van der Waals surface area contributed by atoms with Gasteiger partial charge < -0.3 is 19.3 Å². The quantitative estimate of drug-likeness (QED) is 0.502. The number of unbranched alkanes of at least 4 members (excludes halogenated alkanes) is 1. The van der Waals surface area contributed by atoms with Gasteiger partial charge in [-0.2, -0.15) is 0 Å². The summed E-state index contributed by atoms with van der Waals surface area (Å²) in [5, 5.41) is 0. The Morgan fingerprint density at radius 2 is 1.33 bits per heavy atom. The average Bonchev–Trinajstić information content (AvgIpc) is 2.64. The molecule has 0 spiro atoms. The third-order valence-electron chi connectivity index (χ3n) is 6.15. The fourth-order valence-corrected chi connectivity index (χ4v) is 4.35. The van der Waals surface area contributed by atoms with E-state index in [-0.39, 0.29) is 0 Å². The van der Waals surface area contributed by atoms with Crippen molar-refractivity contribution in [3.8, 4) is 0 Å². The highest BCUT2D eigenvalue weighted by Gasteiger charge is 2.36. The van der Waals surface area contributed by atoms with Gasteiger partial charge >= 0.3 is 0 Å². The molecule has 27 heavy (non-hydrogen) atoms. The SMILES string of the molecule is COCCCN1CCN(C)C(C2CN(CCCCOC(C)C)CCN2C)C1. The van der Waals surface area contributed by atoms with Crippen LogP contribution in [0.15, 0.2) is 0 Å². The molecule has 2 aliphatic heterocycles. The van der Waals surface area contributed by atoms with Gasteiger partial charge in [-0.25, -0.2) is 0 Å². The molecule has 6 nitrogen and oxygen atoms in total. The fraction of sp³-hybridized carbons (Fsp3) is 1.00. The molecule has 0 aromatic heterocycles. The van der Waals surface area contributed by atoms with Crippen molar-refractivity contribution < 1.29 is 9.47 Å². The zero-order valence-corrected chi connectivity index (χ0v) is 18.5. The lowest BCUT2D eigenvalue weighted by Gasteiger charge is -2.49. The molecule has 0 aromatic carbocycles. The molecule has 2 atom stereocenters. The summed E-state index contributed by atoms with van der Waals surface area (Å²) in [5.74, 6) is 0. The summed E-state index contributed by atoms with van der Waals surface area (Å²) < 4.78 is 10.9. The molecule has 2 fully saturated rings. The zero-order chi connectivity index (χ0) is 19.6. The highest BCUT2D eigenvalue weighted by atomic mass is 16.5. The van der Waals surface area contributed by atoms with Crippen molar-refractivity contribution in [2.45, 2.75) is 51.3 Å². The Kier molecular flexibility index (Phi) is 10.5. The van der Waals surface area contributed by atoms with Crippen LogP contribution in [0.2, 0.25) is 0 Å². The molecule has 6 heteroatoms. The number of ether oxygens (including phenoxy) is 2. The minimum atomic E-state index is 0.353. The Balaban J connectivity index is 1.79. The summed E-state index contributed by atoms with van der Waals surface area (Å²) in [4.78, 5) is 10.5. The van der Waals surface area contributed by atoms with E-state index in [1.54, 1.807) is 7.11 Å². The van der Waals surface area contributed by atoms with Crippen molar-refractivity contribution in [1.82, 2.24) is 19.6 Å². The smallest absolute Gasteiger partial charge is 0.0518 e. The van der Waals surface area contributed by atoms with Crippen LogP contribution in [0, 0.1) is 0 Å². The van der Waals surface area contributed by atoms with E-state index >= 15 is 0 Å². The lowest BCUT2D eigenvalue weighted by Crippen LogP contribution is -2.65. The molecule has 0 bridgehead atoms. The Morgan fingerprint density at radius 3 is 1.85 bits per heavy atom. The number of rotatable bonds is 11. The molecule has 0 aromatic rings. The molecule has 0 radical (unpaired) electrons. The maximum absolute atomic E-state index is 5.68. The Bertz CT molecular complexity index is 396. The summed E-state index contributed by atoms with van der Waals surface area (Å²) in [5.41, 5.74) is 0. The van der Waals surface area contributed by atoms with Gasteiger partial charge in [-0.15, -0.1) is 0 Å². The molecule has 160 valence electrons. The van der Waals surface area contributed by atoms with Gasteiger partial charge in [-0.3, -0.25) is 9.80 Å². The number of piperazine rings is 2. The minimum absolute atomic E-state index is 0.353. The van der Waals surface area contributed by atoms with Crippen molar-refractivity contribution in [3.05, 3.63) is 0 Å². The second kappa shape index (κ2) is 12.3. The van der Waals surface area contributed by atoms with Gasteiger partial charge in [0, 0.05) is 78.2 Å². The minimum Gasteiger partial charge on any atom is -0.385 e. The van der Waals surface area contributed by atoms with E-state index in [1.807, 2.05) is 0 Å². The monoisotopic (exact) mass is 384 g/mol. The van der Waals surface area contributed by atoms with Crippen LogP contribution in [0.25, 0.3) is 0 Å². The molecule has 0 aliphatic carbocycles. The molecule has 2 rings (SSSR count). The van der Waals surface area contributed by atoms with E-state index < -0.39 is 0 Å². The normalized spacial score (nSPS) is 26.9. The van der Waals surface area contributed by atoms with E-state index in [9.17, 15) is 0 Å². The standard InChI is InChI=1S/C21H44N4O2/c1-19(2)27-16-7-6-9-24-13-11-22(3)20(17-24)21-18-25(10-8-15-26-5)14-12-23(21)4/h19-21H,6-18H2,1-5H3. The van der Waals surface area contributed by atoms with Gasteiger partial charge in [0.25, 0.3) is 0 Å². The third-order valence-corrected chi connectivity index (χ3v) is 6.15.